The lowest BCUT2D eigenvalue weighted by Gasteiger charge is -2.43. The summed E-state index contributed by atoms with van der Waals surface area (Å²) in [5, 5.41) is 0. The maximum absolute atomic E-state index is 14.5. The molecular formula is C22H42F2O. The lowest BCUT2D eigenvalue weighted by Crippen LogP contribution is -2.41. The van der Waals surface area contributed by atoms with Crippen molar-refractivity contribution >= 4 is 0 Å². The molecule has 0 bridgehead atoms. The summed E-state index contributed by atoms with van der Waals surface area (Å²) in [4.78, 5) is 0. The van der Waals surface area contributed by atoms with E-state index in [-0.39, 0.29) is 20.2 Å². The second-order valence-corrected chi connectivity index (χ2v) is 9.09. The van der Waals surface area contributed by atoms with Gasteiger partial charge in [0, 0.05) is 2.85 Å². The first kappa shape index (κ1) is 20.9. The van der Waals surface area contributed by atoms with Gasteiger partial charge in [0.2, 0.25) is 0 Å². The van der Waals surface area contributed by atoms with Crippen molar-refractivity contribution in [1.29, 1.82) is 0 Å². The van der Waals surface area contributed by atoms with Crippen LogP contribution in [0.5, 0.6) is 0 Å². The van der Waals surface area contributed by atoms with E-state index in [0.29, 0.717) is 5.92 Å². The molecule has 0 radical (unpaired) electrons. The molecule has 25 heavy (non-hydrogen) atoms. The Kier molecular flexibility index (Phi) is 7.91. The molecule has 3 saturated carbocycles. The highest BCUT2D eigenvalue weighted by Gasteiger charge is 2.43. The van der Waals surface area contributed by atoms with Gasteiger partial charge in [-0.15, -0.1) is 6.58 Å². The van der Waals surface area contributed by atoms with Gasteiger partial charge in [0.15, 0.2) is 0 Å². The molecule has 1 nitrogen and oxygen atoms in total. The second-order valence-electron chi connectivity index (χ2n) is 9.09. The van der Waals surface area contributed by atoms with E-state index < -0.39 is 12.3 Å². The van der Waals surface area contributed by atoms with Gasteiger partial charge in [-0.3, -0.25) is 0 Å². The summed E-state index contributed by atoms with van der Waals surface area (Å²) in [5.41, 5.74) is 0. The van der Waals surface area contributed by atoms with Crippen LogP contribution in [0.25, 0.3) is 0 Å². The second kappa shape index (κ2) is 9.48. The lowest BCUT2D eigenvalue weighted by molar-refractivity contribution is -0.0100. The van der Waals surface area contributed by atoms with Gasteiger partial charge in [-0.2, -0.15) is 0 Å². The fourth-order valence-electron chi connectivity index (χ4n) is 6.00. The molecule has 3 aliphatic rings. The van der Waals surface area contributed by atoms with Crippen molar-refractivity contribution in [3.63, 3.8) is 0 Å². The Morgan fingerprint density at radius 2 is 1.32 bits per heavy atom. The third-order valence-electron chi connectivity index (χ3n) is 7.69. The van der Waals surface area contributed by atoms with E-state index in [9.17, 15) is 8.78 Å². The van der Waals surface area contributed by atoms with Crippen molar-refractivity contribution < 1.29 is 17.1 Å². The summed E-state index contributed by atoms with van der Waals surface area (Å²) in [6.45, 7) is 5.74. The van der Waals surface area contributed by atoms with E-state index >= 15 is 0 Å². The Morgan fingerprint density at radius 3 is 1.88 bits per heavy atom. The maximum Gasteiger partial charge on any atom is 0.134 e. The molecule has 0 heterocycles. The highest BCUT2D eigenvalue weighted by molar-refractivity contribution is 4.92. The molecule has 0 aromatic rings. The van der Waals surface area contributed by atoms with Crippen molar-refractivity contribution in [1.82, 2.24) is 0 Å². The van der Waals surface area contributed by atoms with Gasteiger partial charge >= 0.3 is 0 Å². The third-order valence-corrected chi connectivity index (χ3v) is 7.69. The molecule has 3 heteroatoms. The smallest absolute Gasteiger partial charge is 0.134 e. The molecule has 0 aromatic heterocycles. The quantitative estimate of drug-likeness (QED) is 0.508. The highest BCUT2D eigenvalue weighted by atomic mass is 19.2. The number of hydrogen-bond acceptors (Lipinski definition) is 0. The van der Waals surface area contributed by atoms with Crippen molar-refractivity contribution in [3.8, 4) is 0 Å². The maximum atomic E-state index is 14.5. The topological polar surface area (TPSA) is 31.5 Å². The summed E-state index contributed by atoms with van der Waals surface area (Å²) in [5.74, 6) is 2.98. The molecule has 4 unspecified atom stereocenters. The molecular weight excluding hydrogens is 318 g/mol. The van der Waals surface area contributed by atoms with Crippen LogP contribution in [0.4, 0.5) is 8.78 Å². The molecule has 2 N–H and O–H groups in total. The van der Waals surface area contributed by atoms with E-state index in [1.165, 1.54) is 44.9 Å². The normalized spacial score (nSPS) is 45.4. The van der Waals surface area contributed by atoms with Gasteiger partial charge in [-0.25, -0.2) is 8.78 Å². The van der Waals surface area contributed by atoms with Gasteiger partial charge in [-0.05, 0) is 106 Å². The number of allylic oxidation sites excluding steroid dienone is 1. The molecule has 3 fully saturated rings. The Bertz CT molecular complexity index is 407. The summed E-state index contributed by atoms with van der Waals surface area (Å²) in [6.07, 6.45) is 12.9. The third kappa shape index (κ3) is 4.84. The molecule has 0 aliphatic heterocycles. The monoisotopic (exact) mass is 360 g/mol. The van der Waals surface area contributed by atoms with Crippen LogP contribution >= 0.6 is 0 Å². The SMILES string of the molecule is C=CCC1CCC(C2CCC(C3CCC(C)C(F)C3F)CC2)CC1.O.[HH].[HH]. The molecule has 3 aliphatic carbocycles. The Morgan fingerprint density at radius 1 is 0.800 bits per heavy atom. The van der Waals surface area contributed by atoms with Crippen LogP contribution in [0, 0.1) is 35.5 Å². The minimum Gasteiger partial charge on any atom is -0.412 e. The van der Waals surface area contributed by atoms with E-state index in [1.54, 1.807) is 0 Å². The largest absolute Gasteiger partial charge is 0.412 e. The number of halogens is 2. The first-order valence-electron chi connectivity index (χ1n) is 10.5. The number of rotatable bonds is 4. The zero-order valence-electron chi connectivity index (χ0n) is 15.9. The molecule has 0 aromatic carbocycles. The summed E-state index contributed by atoms with van der Waals surface area (Å²) in [6, 6.07) is 0. The van der Waals surface area contributed by atoms with Crippen LogP contribution in [-0.4, -0.2) is 17.8 Å². The molecule has 3 rings (SSSR count). The van der Waals surface area contributed by atoms with Gasteiger partial charge < -0.3 is 5.48 Å². The van der Waals surface area contributed by atoms with Crippen LogP contribution in [0.15, 0.2) is 12.7 Å². The van der Waals surface area contributed by atoms with Crippen LogP contribution in [-0.2, 0) is 0 Å². The van der Waals surface area contributed by atoms with E-state index in [0.717, 1.165) is 43.4 Å². The average molecular weight is 361 g/mol. The number of hydrogen-bond donors (Lipinski definition) is 0. The Balaban J connectivity index is 0.00000225. The van der Waals surface area contributed by atoms with Gasteiger partial charge in [-0.1, -0.05) is 13.0 Å². The minimum absolute atomic E-state index is 0. The van der Waals surface area contributed by atoms with Gasteiger partial charge in [0.25, 0.3) is 0 Å². The molecule has 0 spiro atoms. The molecule has 150 valence electrons. The number of alkyl halides is 2. The van der Waals surface area contributed by atoms with E-state index in [4.69, 9.17) is 0 Å². The van der Waals surface area contributed by atoms with E-state index in [2.05, 4.69) is 12.7 Å². The predicted octanol–water partition coefficient (Wildman–Crippen LogP) is 6.56. The van der Waals surface area contributed by atoms with Crippen LogP contribution in [0.3, 0.4) is 0 Å². The van der Waals surface area contributed by atoms with Gasteiger partial charge in [0.05, 0.1) is 0 Å². The van der Waals surface area contributed by atoms with Crippen molar-refractivity contribution in [3.05, 3.63) is 12.7 Å². The minimum atomic E-state index is -1.22. The van der Waals surface area contributed by atoms with Gasteiger partial charge in [0.1, 0.15) is 12.3 Å². The van der Waals surface area contributed by atoms with Crippen LogP contribution in [0.2, 0.25) is 0 Å². The van der Waals surface area contributed by atoms with Crippen molar-refractivity contribution in [2.45, 2.75) is 89.9 Å². The summed E-state index contributed by atoms with van der Waals surface area (Å²) >= 11 is 0. The summed E-state index contributed by atoms with van der Waals surface area (Å²) < 4.78 is 28.5. The van der Waals surface area contributed by atoms with Crippen LogP contribution in [0.1, 0.15) is 80.4 Å². The standard InChI is InChI=1S/C22H36F2.H2O.2H2/c1-3-4-16-6-8-17(9-7-16)18-10-12-19(13-11-18)20-14-5-15(2)21(23)22(20)24;;;/h3,15-22H,1,4-14H2,2H3;1H2;2*1H. The fourth-order valence-corrected chi connectivity index (χ4v) is 6.00. The first-order valence-corrected chi connectivity index (χ1v) is 10.5. The summed E-state index contributed by atoms with van der Waals surface area (Å²) in [7, 11) is 0. The fraction of sp³-hybridized carbons (Fsp3) is 0.909. The zero-order chi connectivity index (χ0) is 17.1. The molecule has 0 amide bonds. The Hall–Kier alpha value is -0.440. The van der Waals surface area contributed by atoms with Crippen molar-refractivity contribution in [2.24, 2.45) is 35.5 Å². The first-order chi connectivity index (χ1) is 11.6. The highest BCUT2D eigenvalue weighted by Crippen LogP contribution is 2.47. The van der Waals surface area contributed by atoms with Crippen LogP contribution < -0.4 is 0 Å². The molecule has 4 atom stereocenters. The zero-order valence-corrected chi connectivity index (χ0v) is 15.9. The van der Waals surface area contributed by atoms with Crippen molar-refractivity contribution in [2.75, 3.05) is 0 Å². The molecule has 0 saturated heterocycles. The average Bonchev–Trinajstić information content (AvgIpc) is 2.61. The lowest BCUT2D eigenvalue weighted by atomic mass is 9.64. The predicted molar refractivity (Wildman–Crippen MR) is 105 cm³/mol. The Labute approximate surface area is 155 Å². The van der Waals surface area contributed by atoms with E-state index in [1.807, 2.05) is 6.92 Å².